The van der Waals surface area contributed by atoms with E-state index in [0.29, 0.717) is 0 Å². The summed E-state index contributed by atoms with van der Waals surface area (Å²) in [4.78, 5) is 28.5. The summed E-state index contributed by atoms with van der Waals surface area (Å²) in [5.41, 5.74) is 0.864. The number of carbonyl (C=O) groups excluding carboxylic acids is 2. The number of rotatable bonds is 5. The summed E-state index contributed by atoms with van der Waals surface area (Å²) in [7, 11) is 1.36. The van der Waals surface area contributed by atoms with Gasteiger partial charge in [-0.15, -0.1) is 0 Å². The fraction of sp³-hybridized carbons (Fsp3) is 0.611. The van der Waals surface area contributed by atoms with Crippen LogP contribution in [-0.2, 0) is 14.3 Å². The maximum atomic E-state index is 12.8. The second-order valence-corrected chi connectivity index (χ2v) is 6.91. The lowest BCUT2D eigenvalue weighted by Crippen LogP contribution is -2.42. The molecule has 0 unspecified atom stereocenters. The van der Waals surface area contributed by atoms with Crippen LogP contribution in [0.1, 0.15) is 57.6 Å². The van der Waals surface area contributed by atoms with Gasteiger partial charge in [0.2, 0.25) is 5.91 Å². The van der Waals surface area contributed by atoms with E-state index >= 15 is 0 Å². The molecule has 0 saturated heterocycles. The predicted molar refractivity (Wildman–Crippen MR) is 87.5 cm³/mol. The monoisotopic (exact) mass is 318 g/mol. The summed E-state index contributed by atoms with van der Waals surface area (Å²) < 4.78 is 4.76. The van der Waals surface area contributed by atoms with Crippen LogP contribution < -0.4 is 5.32 Å². The summed E-state index contributed by atoms with van der Waals surface area (Å²) in [5, 5.41) is 3.06. The number of amides is 1. The number of hydrogen-bond donors (Lipinski definition) is 1. The van der Waals surface area contributed by atoms with E-state index in [9.17, 15) is 9.59 Å². The first-order chi connectivity index (χ1) is 10.9. The van der Waals surface area contributed by atoms with Crippen LogP contribution in [0.4, 0.5) is 0 Å². The van der Waals surface area contributed by atoms with Gasteiger partial charge in [0.1, 0.15) is 0 Å². The first-order valence-electron chi connectivity index (χ1n) is 8.21. The smallest absolute Gasteiger partial charge is 0.307 e. The van der Waals surface area contributed by atoms with E-state index in [1.54, 1.807) is 12.4 Å². The van der Waals surface area contributed by atoms with Crippen LogP contribution in [0.15, 0.2) is 24.5 Å². The molecule has 0 spiro atoms. The molecular weight excluding hydrogens is 292 g/mol. The largest absolute Gasteiger partial charge is 0.469 e. The average molecular weight is 318 g/mol. The first-order valence-corrected chi connectivity index (χ1v) is 8.21. The van der Waals surface area contributed by atoms with Gasteiger partial charge in [0.15, 0.2) is 0 Å². The highest BCUT2D eigenvalue weighted by molar-refractivity contribution is 5.81. The average Bonchev–Trinajstić information content (AvgIpc) is 2.54. The molecule has 1 aromatic heterocycles. The molecule has 1 aromatic rings. The van der Waals surface area contributed by atoms with Crippen molar-refractivity contribution in [2.24, 2.45) is 11.3 Å². The maximum absolute atomic E-state index is 12.8. The Bertz CT molecular complexity index is 542. The Morgan fingerprint density at radius 1 is 1.35 bits per heavy atom. The third-order valence-corrected chi connectivity index (χ3v) is 4.85. The molecule has 1 fully saturated rings. The van der Waals surface area contributed by atoms with E-state index in [1.165, 1.54) is 13.5 Å². The number of pyridine rings is 1. The Morgan fingerprint density at radius 3 is 2.65 bits per heavy atom. The predicted octanol–water partition coefficient (Wildman–Crippen LogP) is 3.02. The molecule has 5 nitrogen and oxygen atoms in total. The fourth-order valence-electron chi connectivity index (χ4n) is 3.35. The molecule has 5 heteroatoms. The van der Waals surface area contributed by atoms with Gasteiger partial charge in [-0.05, 0) is 36.0 Å². The number of nitrogens with zero attached hydrogens (tertiary/aromatic N) is 1. The van der Waals surface area contributed by atoms with Crippen molar-refractivity contribution in [3.05, 3.63) is 30.1 Å². The standard InChI is InChI=1S/C18H26N2O3/c1-18(2)9-5-4-6-14(18)17(22)20-15(12-16(21)23-3)13-7-10-19-11-8-13/h7-8,10-11,14-15H,4-6,9,12H2,1-3H3,(H,20,22)/t14-,15-/m0/s1. The molecule has 2 rings (SSSR count). The highest BCUT2D eigenvalue weighted by atomic mass is 16.5. The zero-order valence-electron chi connectivity index (χ0n) is 14.2. The molecule has 1 aliphatic rings. The summed E-state index contributed by atoms with van der Waals surface area (Å²) in [6.07, 6.45) is 7.67. The molecule has 0 aromatic carbocycles. The van der Waals surface area contributed by atoms with Gasteiger partial charge < -0.3 is 10.1 Å². The molecule has 0 radical (unpaired) electrons. The summed E-state index contributed by atoms with van der Waals surface area (Å²) in [5.74, 6) is -0.325. The fourth-order valence-corrected chi connectivity index (χ4v) is 3.35. The van der Waals surface area contributed by atoms with Crippen molar-refractivity contribution in [3.8, 4) is 0 Å². The number of esters is 1. The zero-order valence-corrected chi connectivity index (χ0v) is 14.2. The number of ether oxygens (including phenoxy) is 1. The van der Waals surface area contributed by atoms with Crippen LogP contribution in [0.2, 0.25) is 0 Å². The second kappa shape index (κ2) is 7.57. The van der Waals surface area contributed by atoms with Crippen LogP contribution in [0.5, 0.6) is 0 Å². The SMILES string of the molecule is COC(=O)C[C@H](NC(=O)[C@@H]1CCCCC1(C)C)c1ccncc1. The highest BCUT2D eigenvalue weighted by Crippen LogP contribution is 2.40. The zero-order chi connectivity index (χ0) is 16.9. The van der Waals surface area contributed by atoms with E-state index < -0.39 is 0 Å². The Kier molecular flexibility index (Phi) is 5.74. The van der Waals surface area contributed by atoms with Gasteiger partial charge in [-0.1, -0.05) is 26.7 Å². The molecule has 1 N–H and O–H groups in total. The Balaban J connectivity index is 2.13. The van der Waals surface area contributed by atoms with Crippen LogP contribution in [0.25, 0.3) is 0 Å². The summed E-state index contributed by atoms with van der Waals surface area (Å²) in [6.45, 7) is 4.30. The number of hydrogen-bond acceptors (Lipinski definition) is 4. The van der Waals surface area contributed by atoms with E-state index in [0.717, 1.165) is 24.8 Å². The van der Waals surface area contributed by atoms with Gasteiger partial charge in [0, 0.05) is 18.3 Å². The highest BCUT2D eigenvalue weighted by Gasteiger charge is 2.38. The van der Waals surface area contributed by atoms with E-state index in [4.69, 9.17) is 4.74 Å². The van der Waals surface area contributed by atoms with Crippen molar-refractivity contribution >= 4 is 11.9 Å². The minimum atomic E-state index is -0.379. The lowest BCUT2D eigenvalue weighted by Gasteiger charge is -2.38. The van der Waals surface area contributed by atoms with Crippen LogP contribution in [-0.4, -0.2) is 24.0 Å². The Hall–Kier alpha value is -1.91. The number of carbonyl (C=O) groups is 2. The molecule has 1 saturated carbocycles. The normalized spacial score (nSPS) is 21.3. The molecule has 1 aliphatic carbocycles. The number of aromatic nitrogens is 1. The van der Waals surface area contributed by atoms with Gasteiger partial charge in [0.05, 0.1) is 19.6 Å². The Morgan fingerprint density at radius 2 is 2.04 bits per heavy atom. The lowest BCUT2D eigenvalue weighted by molar-refractivity contribution is -0.141. The maximum Gasteiger partial charge on any atom is 0.307 e. The molecule has 126 valence electrons. The lowest BCUT2D eigenvalue weighted by atomic mass is 9.68. The minimum Gasteiger partial charge on any atom is -0.469 e. The first kappa shape index (κ1) is 17.4. The van der Waals surface area contributed by atoms with E-state index in [-0.39, 0.29) is 35.7 Å². The van der Waals surface area contributed by atoms with Gasteiger partial charge in [-0.3, -0.25) is 14.6 Å². The number of nitrogens with one attached hydrogen (secondary N) is 1. The van der Waals surface area contributed by atoms with Crippen molar-refractivity contribution in [1.29, 1.82) is 0 Å². The van der Waals surface area contributed by atoms with E-state index in [2.05, 4.69) is 24.1 Å². The van der Waals surface area contributed by atoms with Gasteiger partial charge >= 0.3 is 5.97 Å². The molecule has 1 heterocycles. The van der Waals surface area contributed by atoms with Crippen molar-refractivity contribution in [1.82, 2.24) is 10.3 Å². The third kappa shape index (κ3) is 4.53. The Labute approximate surface area is 137 Å². The van der Waals surface area contributed by atoms with Crippen LogP contribution in [0, 0.1) is 11.3 Å². The molecule has 23 heavy (non-hydrogen) atoms. The van der Waals surface area contributed by atoms with Crippen LogP contribution in [0.3, 0.4) is 0 Å². The number of methoxy groups -OCH3 is 1. The minimum absolute atomic E-state index is 0.00358. The quantitative estimate of drug-likeness (QED) is 0.847. The summed E-state index contributed by atoms with van der Waals surface area (Å²) >= 11 is 0. The van der Waals surface area contributed by atoms with E-state index in [1.807, 2.05) is 12.1 Å². The van der Waals surface area contributed by atoms with Crippen LogP contribution >= 0.6 is 0 Å². The molecule has 2 atom stereocenters. The molecule has 0 aliphatic heterocycles. The molecule has 1 amide bonds. The van der Waals surface area contributed by atoms with Crippen molar-refractivity contribution in [3.63, 3.8) is 0 Å². The van der Waals surface area contributed by atoms with Crippen molar-refractivity contribution < 1.29 is 14.3 Å². The van der Waals surface area contributed by atoms with Gasteiger partial charge in [-0.25, -0.2) is 0 Å². The van der Waals surface area contributed by atoms with Gasteiger partial charge in [-0.2, -0.15) is 0 Å². The second-order valence-electron chi connectivity index (χ2n) is 6.91. The molecular formula is C18H26N2O3. The summed E-state index contributed by atoms with van der Waals surface area (Å²) in [6, 6.07) is 3.26. The van der Waals surface area contributed by atoms with Crippen molar-refractivity contribution in [2.75, 3.05) is 7.11 Å². The topological polar surface area (TPSA) is 68.3 Å². The molecule has 0 bridgehead atoms. The van der Waals surface area contributed by atoms with Gasteiger partial charge in [0.25, 0.3) is 0 Å². The van der Waals surface area contributed by atoms with Crippen molar-refractivity contribution in [2.45, 2.75) is 52.0 Å². The third-order valence-electron chi connectivity index (χ3n) is 4.85.